The Morgan fingerprint density at radius 1 is 1.33 bits per heavy atom. The van der Waals surface area contributed by atoms with Gasteiger partial charge in [-0.15, -0.1) is 0 Å². The standard InChI is InChI=1S/C9H20O2Si/c1-3-5-8(6-4-2)7-9(10)11-12/h8H,3-7H2,1-2,12H3. The average Bonchev–Trinajstić information content (AvgIpc) is 2.05. The number of carbonyl (C=O) groups excluding carboxylic acids is 1. The summed E-state index contributed by atoms with van der Waals surface area (Å²) in [6.45, 7) is 4.32. The molecule has 0 aliphatic heterocycles. The Labute approximate surface area is 78.2 Å². The molecule has 0 atom stereocenters. The van der Waals surface area contributed by atoms with E-state index in [1.165, 1.54) is 12.8 Å². The number of hydrogen-bond donors (Lipinski definition) is 0. The van der Waals surface area contributed by atoms with Crippen molar-refractivity contribution in [1.82, 2.24) is 0 Å². The SMILES string of the molecule is CCCC(CCC)CC(=O)O[SiH3]. The van der Waals surface area contributed by atoms with E-state index < -0.39 is 0 Å². The van der Waals surface area contributed by atoms with Crippen molar-refractivity contribution >= 4 is 16.5 Å². The monoisotopic (exact) mass is 188 g/mol. The van der Waals surface area contributed by atoms with Gasteiger partial charge in [0.15, 0.2) is 0 Å². The van der Waals surface area contributed by atoms with Crippen molar-refractivity contribution < 1.29 is 9.22 Å². The summed E-state index contributed by atoms with van der Waals surface area (Å²) < 4.78 is 4.77. The molecule has 0 aliphatic carbocycles. The summed E-state index contributed by atoms with van der Waals surface area (Å²) >= 11 is 0. The predicted molar refractivity (Wildman–Crippen MR) is 54.0 cm³/mol. The van der Waals surface area contributed by atoms with Gasteiger partial charge in [0.05, 0.1) is 0 Å². The van der Waals surface area contributed by atoms with E-state index in [-0.39, 0.29) is 5.97 Å². The molecular weight excluding hydrogens is 168 g/mol. The van der Waals surface area contributed by atoms with Gasteiger partial charge in [-0.25, -0.2) is 0 Å². The topological polar surface area (TPSA) is 26.3 Å². The molecule has 0 bridgehead atoms. The minimum absolute atomic E-state index is 0.00596. The number of carbonyl (C=O) groups is 1. The number of rotatable bonds is 6. The lowest BCUT2D eigenvalue weighted by Gasteiger charge is -2.13. The zero-order chi connectivity index (χ0) is 9.40. The van der Waals surface area contributed by atoms with Gasteiger partial charge in [0.2, 0.25) is 10.5 Å². The van der Waals surface area contributed by atoms with Crippen LogP contribution in [0.2, 0.25) is 0 Å². The van der Waals surface area contributed by atoms with Crippen LogP contribution < -0.4 is 0 Å². The summed E-state index contributed by atoms with van der Waals surface area (Å²) in [7, 11) is 0.537. The quantitative estimate of drug-likeness (QED) is 0.589. The molecule has 0 unspecified atom stereocenters. The van der Waals surface area contributed by atoms with Gasteiger partial charge in [-0.1, -0.05) is 39.5 Å². The normalized spacial score (nSPS) is 10.6. The largest absolute Gasteiger partial charge is 0.529 e. The fourth-order valence-electron chi connectivity index (χ4n) is 1.48. The molecule has 0 aromatic rings. The first-order valence-corrected chi connectivity index (χ1v) is 5.63. The zero-order valence-corrected chi connectivity index (χ0v) is 10.4. The highest BCUT2D eigenvalue weighted by Gasteiger charge is 2.11. The fourth-order valence-corrected chi connectivity index (χ4v) is 1.65. The van der Waals surface area contributed by atoms with E-state index in [0.717, 1.165) is 12.8 Å². The van der Waals surface area contributed by atoms with Crippen LogP contribution in [0.5, 0.6) is 0 Å². The van der Waals surface area contributed by atoms with Crippen molar-refractivity contribution in [3.8, 4) is 0 Å². The van der Waals surface area contributed by atoms with Crippen molar-refractivity contribution in [2.24, 2.45) is 5.92 Å². The molecule has 0 heterocycles. The Morgan fingerprint density at radius 2 is 1.83 bits per heavy atom. The molecule has 0 saturated carbocycles. The smallest absolute Gasteiger partial charge is 0.292 e. The summed E-state index contributed by atoms with van der Waals surface area (Å²) in [5, 5.41) is 0. The van der Waals surface area contributed by atoms with Crippen molar-refractivity contribution in [3.05, 3.63) is 0 Å². The van der Waals surface area contributed by atoms with Crippen LogP contribution in [0.3, 0.4) is 0 Å². The lowest BCUT2D eigenvalue weighted by Crippen LogP contribution is -2.10. The molecule has 12 heavy (non-hydrogen) atoms. The maximum absolute atomic E-state index is 11.0. The second-order valence-electron chi connectivity index (χ2n) is 3.22. The summed E-state index contributed by atoms with van der Waals surface area (Å²) in [4.78, 5) is 11.0. The van der Waals surface area contributed by atoms with E-state index in [1.54, 1.807) is 0 Å². The lowest BCUT2D eigenvalue weighted by molar-refractivity contribution is -0.135. The minimum Gasteiger partial charge on any atom is -0.529 e. The molecule has 0 spiro atoms. The molecule has 0 aromatic carbocycles. The summed E-state index contributed by atoms with van der Waals surface area (Å²) in [5.41, 5.74) is 0. The van der Waals surface area contributed by atoms with Crippen LogP contribution in [0.25, 0.3) is 0 Å². The highest BCUT2D eigenvalue weighted by atomic mass is 28.2. The molecule has 2 nitrogen and oxygen atoms in total. The van der Waals surface area contributed by atoms with Crippen molar-refractivity contribution in [2.75, 3.05) is 0 Å². The van der Waals surface area contributed by atoms with E-state index in [2.05, 4.69) is 13.8 Å². The van der Waals surface area contributed by atoms with E-state index in [9.17, 15) is 4.79 Å². The van der Waals surface area contributed by atoms with E-state index in [1.807, 2.05) is 0 Å². The Balaban J connectivity index is 3.68. The van der Waals surface area contributed by atoms with Gasteiger partial charge in [0.25, 0.3) is 5.97 Å². The highest BCUT2D eigenvalue weighted by Crippen LogP contribution is 2.17. The Hall–Kier alpha value is -0.313. The molecule has 72 valence electrons. The van der Waals surface area contributed by atoms with Crippen LogP contribution in [0, 0.1) is 5.92 Å². The summed E-state index contributed by atoms with van der Waals surface area (Å²) in [6.07, 6.45) is 5.28. The van der Waals surface area contributed by atoms with Crippen LogP contribution in [0.15, 0.2) is 0 Å². The Kier molecular flexibility index (Phi) is 7.15. The van der Waals surface area contributed by atoms with Crippen molar-refractivity contribution in [3.63, 3.8) is 0 Å². The molecule has 0 aromatic heterocycles. The van der Waals surface area contributed by atoms with Gasteiger partial charge in [0, 0.05) is 6.42 Å². The molecule has 3 heteroatoms. The van der Waals surface area contributed by atoms with Gasteiger partial charge in [-0.2, -0.15) is 0 Å². The molecule has 0 aliphatic rings. The van der Waals surface area contributed by atoms with Crippen LogP contribution in [-0.2, 0) is 9.22 Å². The third-order valence-electron chi connectivity index (χ3n) is 2.08. The summed E-state index contributed by atoms with van der Waals surface area (Å²) in [5.74, 6) is 0.551. The second-order valence-corrected chi connectivity index (χ2v) is 3.63. The van der Waals surface area contributed by atoms with Crippen molar-refractivity contribution in [1.29, 1.82) is 0 Å². The maximum atomic E-state index is 11.0. The van der Waals surface area contributed by atoms with Gasteiger partial charge >= 0.3 is 0 Å². The number of hydrogen-bond acceptors (Lipinski definition) is 2. The average molecular weight is 188 g/mol. The summed E-state index contributed by atoms with van der Waals surface area (Å²) in [6, 6.07) is 0. The van der Waals surface area contributed by atoms with Crippen LogP contribution in [0.1, 0.15) is 46.0 Å². The molecular formula is C9H20O2Si. The van der Waals surface area contributed by atoms with Crippen LogP contribution >= 0.6 is 0 Å². The van der Waals surface area contributed by atoms with Gasteiger partial charge in [-0.05, 0) is 5.92 Å². The molecule has 0 rings (SSSR count). The first kappa shape index (κ1) is 11.7. The first-order valence-electron chi connectivity index (χ1n) is 4.81. The van der Waals surface area contributed by atoms with Crippen LogP contribution in [0.4, 0.5) is 0 Å². The first-order chi connectivity index (χ1) is 5.74. The fraction of sp³-hybridized carbons (Fsp3) is 0.889. The Bertz CT molecular complexity index is 120. The van der Waals surface area contributed by atoms with E-state index in [4.69, 9.17) is 4.43 Å². The lowest BCUT2D eigenvalue weighted by atomic mass is 9.95. The highest BCUT2D eigenvalue weighted by molar-refractivity contribution is 6.05. The third-order valence-corrected chi connectivity index (χ3v) is 2.53. The van der Waals surface area contributed by atoms with Gasteiger partial charge in [0.1, 0.15) is 0 Å². The molecule has 0 N–H and O–H groups in total. The molecule has 0 fully saturated rings. The zero-order valence-electron chi connectivity index (χ0n) is 8.43. The molecule has 0 radical (unpaired) electrons. The third kappa shape index (κ3) is 5.35. The molecule has 0 amide bonds. The second kappa shape index (κ2) is 7.34. The minimum atomic E-state index is -0.00596. The maximum Gasteiger partial charge on any atom is 0.292 e. The van der Waals surface area contributed by atoms with Crippen LogP contribution in [-0.4, -0.2) is 16.5 Å². The molecule has 0 saturated heterocycles. The van der Waals surface area contributed by atoms with Gasteiger partial charge < -0.3 is 4.43 Å². The predicted octanol–water partition coefficient (Wildman–Crippen LogP) is 1.42. The van der Waals surface area contributed by atoms with Gasteiger partial charge in [-0.3, -0.25) is 4.79 Å². The Morgan fingerprint density at radius 3 is 2.17 bits per heavy atom. The van der Waals surface area contributed by atoms with E-state index >= 15 is 0 Å². The van der Waals surface area contributed by atoms with E-state index in [0.29, 0.717) is 22.8 Å². The van der Waals surface area contributed by atoms with Crippen molar-refractivity contribution in [2.45, 2.75) is 46.0 Å².